The molecule has 0 saturated carbocycles. The Labute approximate surface area is 158 Å². The highest BCUT2D eigenvalue weighted by Gasteiger charge is 2.18. The van der Waals surface area contributed by atoms with Gasteiger partial charge in [-0.05, 0) is 19.1 Å². The Morgan fingerprint density at radius 3 is 2.54 bits per heavy atom. The summed E-state index contributed by atoms with van der Waals surface area (Å²) >= 11 is 2.91. The van der Waals surface area contributed by atoms with E-state index in [2.05, 4.69) is 10.3 Å². The number of carbonyl (C=O) groups is 1. The molecule has 0 spiro atoms. The van der Waals surface area contributed by atoms with Gasteiger partial charge < -0.3 is 5.32 Å². The van der Waals surface area contributed by atoms with Crippen LogP contribution >= 0.6 is 23.1 Å². The first kappa shape index (κ1) is 18.5. The minimum absolute atomic E-state index is 0.412. The molecule has 1 N–H and O–H groups in total. The molecule has 3 rings (SSSR count). The molecule has 0 radical (unpaired) electrons. The first-order valence-electron chi connectivity index (χ1n) is 7.91. The summed E-state index contributed by atoms with van der Waals surface area (Å²) in [5, 5.41) is 4.72. The topological polar surface area (TPSA) is 42.0 Å². The molecule has 1 atom stereocenters. The molecule has 3 aromatic rings. The van der Waals surface area contributed by atoms with Crippen LogP contribution in [0.25, 0.3) is 10.6 Å². The van der Waals surface area contributed by atoms with Crippen molar-refractivity contribution in [3.63, 3.8) is 0 Å². The maximum Gasteiger partial charge on any atom is 0.237 e. The minimum atomic E-state index is -0.789. The quantitative estimate of drug-likeness (QED) is 0.617. The van der Waals surface area contributed by atoms with E-state index in [1.807, 2.05) is 35.7 Å². The van der Waals surface area contributed by atoms with Crippen LogP contribution in [0.4, 0.5) is 14.5 Å². The van der Waals surface area contributed by atoms with E-state index in [9.17, 15) is 13.6 Å². The molecule has 0 aliphatic heterocycles. The largest absolute Gasteiger partial charge is 0.320 e. The third-order valence-electron chi connectivity index (χ3n) is 3.63. The van der Waals surface area contributed by atoms with Crippen LogP contribution in [0.2, 0.25) is 0 Å². The van der Waals surface area contributed by atoms with Crippen molar-refractivity contribution < 1.29 is 13.6 Å². The number of aromatic nitrogens is 1. The number of thioether (sulfide) groups is 1. The molecule has 1 heterocycles. The number of benzene rings is 2. The Balaban J connectivity index is 1.58. The van der Waals surface area contributed by atoms with Crippen molar-refractivity contribution >= 4 is 34.7 Å². The Hall–Kier alpha value is -2.25. The van der Waals surface area contributed by atoms with Gasteiger partial charge in [0, 0.05) is 16.7 Å². The summed E-state index contributed by atoms with van der Waals surface area (Å²) in [6, 6.07) is 13.3. The van der Waals surface area contributed by atoms with Crippen LogP contribution in [0, 0.1) is 11.6 Å². The monoisotopic (exact) mass is 390 g/mol. The molecule has 26 heavy (non-hydrogen) atoms. The van der Waals surface area contributed by atoms with E-state index in [1.165, 1.54) is 17.8 Å². The Morgan fingerprint density at radius 2 is 1.85 bits per heavy atom. The highest BCUT2D eigenvalue weighted by atomic mass is 32.2. The van der Waals surface area contributed by atoms with Gasteiger partial charge in [-0.3, -0.25) is 4.79 Å². The molecule has 0 bridgehead atoms. The van der Waals surface area contributed by atoms with Gasteiger partial charge in [0.25, 0.3) is 0 Å². The highest BCUT2D eigenvalue weighted by molar-refractivity contribution is 7.99. The Morgan fingerprint density at radius 1 is 1.15 bits per heavy atom. The van der Waals surface area contributed by atoms with Crippen molar-refractivity contribution in [1.29, 1.82) is 0 Å². The molecule has 0 saturated heterocycles. The number of halogens is 2. The van der Waals surface area contributed by atoms with E-state index in [0.29, 0.717) is 5.75 Å². The molecule has 3 nitrogen and oxygen atoms in total. The summed E-state index contributed by atoms with van der Waals surface area (Å²) in [7, 11) is 0. The predicted molar refractivity (Wildman–Crippen MR) is 103 cm³/mol. The molecule has 0 aliphatic rings. The lowest BCUT2D eigenvalue weighted by atomic mass is 10.2. The molecule has 1 amide bonds. The van der Waals surface area contributed by atoms with E-state index < -0.39 is 28.5 Å². The van der Waals surface area contributed by atoms with Crippen molar-refractivity contribution in [2.24, 2.45) is 0 Å². The standard InChI is InChI=1S/C19H16F2N2OS2/c1-12(18(24)23-17-15(20)8-5-9-16(17)21)25-10-14-11-26-19(22-14)13-6-3-2-4-7-13/h2-9,11-12H,10H2,1H3,(H,23,24)/t12-/m0/s1. The minimum Gasteiger partial charge on any atom is -0.320 e. The van der Waals surface area contributed by atoms with Gasteiger partial charge >= 0.3 is 0 Å². The van der Waals surface area contributed by atoms with Gasteiger partial charge in [0.05, 0.1) is 10.9 Å². The zero-order valence-electron chi connectivity index (χ0n) is 13.9. The first-order valence-corrected chi connectivity index (χ1v) is 9.83. The highest BCUT2D eigenvalue weighted by Crippen LogP contribution is 2.27. The molecule has 2 aromatic carbocycles. The molecular weight excluding hydrogens is 374 g/mol. The van der Waals surface area contributed by atoms with Crippen LogP contribution in [0.15, 0.2) is 53.9 Å². The Kier molecular flexibility index (Phi) is 6.00. The zero-order chi connectivity index (χ0) is 18.5. The number of carbonyl (C=O) groups excluding carboxylic acids is 1. The van der Waals surface area contributed by atoms with E-state index >= 15 is 0 Å². The van der Waals surface area contributed by atoms with Crippen LogP contribution in [0.5, 0.6) is 0 Å². The van der Waals surface area contributed by atoms with Gasteiger partial charge in [-0.15, -0.1) is 23.1 Å². The predicted octanol–water partition coefficient (Wildman–Crippen LogP) is 5.35. The van der Waals surface area contributed by atoms with Gasteiger partial charge in [0.15, 0.2) is 0 Å². The molecule has 0 fully saturated rings. The number of nitrogens with one attached hydrogen (secondary N) is 1. The second kappa shape index (κ2) is 8.42. The molecule has 0 unspecified atom stereocenters. The second-order valence-corrected chi connectivity index (χ2v) is 7.74. The maximum atomic E-state index is 13.6. The summed E-state index contributed by atoms with van der Waals surface area (Å²) in [5.74, 6) is -1.49. The summed E-state index contributed by atoms with van der Waals surface area (Å²) in [6.45, 7) is 1.70. The fraction of sp³-hybridized carbons (Fsp3) is 0.158. The van der Waals surface area contributed by atoms with Gasteiger partial charge in [0.2, 0.25) is 5.91 Å². The molecule has 0 aliphatic carbocycles. The average molecular weight is 390 g/mol. The third kappa shape index (κ3) is 4.47. The van der Waals surface area contributed by atoms with E-state index in [1.54, 1.807) is 18.3 Å². The number of amides is 1. The lowest BCUT2D eigenvalue weighted by Crippen LogP contribution is -2.23. The van der Waals surface area contributed by atoms with Crippen LogP contribution in [-0.2, 0) is 10.5 Å². The molecule has 134 valence electrons. The number of nitrogens with zero attached hydrogens (tertiary/aromatic N) is 1. The number of anilines is 1. The number of thiazole rings is 1. The van der Waals surface area contributed by atoms with E-state index in [-0.39, 0.29) is 0 Å². The normalized spacial score (nSPS) is 12.0. The first-order chi connectivity index (χ1) is 12.5. The number of rotatable bonds is 6. The van der Waals surface area contributed by atoms with Crippen LogP contribution in [0.3, 0.4) is 0 Å². The Bertz CT molecular complexity index is 879. The van der Waals surface area contributed by atoms with Crippen molar-refractivity contribution in [3.05, 3.63) is 71.2 Å². The van der Waals surface area contributed by atoms with E-state index in [4.69, 9.17) is 0 Å². The van der Waals surface area contributed by atoms with Gasteiger partial charge in [0.1, 0.15) is 22.3 Å². The van der Waals surface area contributed by atoms with Crippen molar-refractivity contribution in [3.8, 4) is 10.6 Å². The smallest absolute Gasteiger partial charge is 0.237 e. The summed E-state index contributed by atoms with van der Waals surface area (Å²) < 4.78 is 27.2. The third-order valence-corrected chi connectivity index (χ3v) is 5.75. The van der Waals surface area contributed by atoms with Crippen LogP contribution in [0.1, 0.15) is 12.6 Å². The number of hydrogen-bond donors (Lipinski definition) is 1. The molecule has 1 aromatic heterocycles. The van der Waals surface area contributed by atoms with Gasteiger partial charge in [-0.2, -0.15) is 0 Å². The van der Waals surface area contributed by atoms with Crippen molar-refractivity contribution in [2.75, 3.05) is 5.32 Å². The molecule has 7 heteroatoms. The summed E-state index contributed by atoms with van der Waals surface area (Å²) in [5.41, 5.74) is 1.51. The fourth-order valence-corrected chi connectivity index (χ4v) is 3.92. The van der Waals surface area contributed by atoms with Gasteiger partial charge in [-0.1, -0.05) is 36.4 Å². The fourth-order valence-electron chi connectivity index (χ4n) is 2.21. The molecular formula is C19H16F2N2OS2. The number of hydrogen-bond acceptors (Lipinski definition) is 4. The summed E-state index contributed by atoms with van der Waals surface area (Å²) in [4.78, 5) is 16.8. The lowest BCUT2D eigenvalue weighted by Gasteiger charge is -2.12. The lowest BCUT2D eigenvalue weighted by molar-refractivity contribution is -0.115. The maximum absolute atomic E-state index is 13.6. The van der Waals surface area contributed by atoms with Crippen molar-refractivity contribution in [1.82, 2.24) is 4.98 Å². The van der Waals surface area contributed by atoms with Crippen LogP contribution < -0.4 is 5.32 Å². The second-order valence-electron chi connectivity index (χ2n) is 5.55. The van der Waals surface area contributed by atoms with Gasteiger partial charge in [-0.25, -0.2) is 13.8 Å². The average Bonchev–Trinajstić information content (AvgIpc) is 3.12. The zero-order valence-corrected chi connectivity index (χ0v) is 15.5. The number of para-hydroxylation sites is 1. The van der Waals surface area contributed by atoms with E-state index in [0.717, 1.165) is 28.4 Å². The van der Waals surface area contributed by atoms with Crippen molar-refractivity contribution in [2.45, 2.75) is 17.9 Å². The summed E-state index contributed by atoms with van der Waals surface area (Å²) in [6.07, 6.45) is 0. The van der Waals surface area contributed by atoms with Crippen LogP contribution in [-0.4, -0.2) is 16.1 Å². The SMILES string of the molecule is C[C@H](SCc1csc(-c2ccccc2)n1)C(=O)Nc1c(F)cccc1F.